The van der Waals surface area contributed by atoms with E-state index in [4.69, 9.17) is 4.74 Å². The number of carbonyl (C=O) groups excluding carboxylic acids is 2. The Kier molecular flexibility index (Phi) is 3.99. The van der Waals surface area contributed by atoms with E-state index in [1.807, 2.05) is 42.5 Å². The largest absolute Gasteiger partial charge is 0.448 e. The summed E-state index contributed by atoms with van der Waals surface area (Å²) in [5, 5.41) is 11.8. The van der Waals surface area contributed by atoms with Gasteiger partial charge in [-0.15, -0.1) is 10.2 Å². The van der Waals surface area contributed by atoms with Crippen LogP contribution in [0.25, 0.3) is 10.6 Å². The van der Waals surface area contributed by atoms with Crippen LogP contribution in [0.3, 0.4) is 0 Å². The number of benzene rings is 2. The van der Waals surface area contributed by atoms with Crippen molar-refractivity contribution in [3.8, 4) is 10.6 Å². The highest BCUT2D eigenvalue weighted by Gasteiger charge is 2.31. The maximum atomic E-state index is 12.4. The molecule has 1 N–H and O–H groups in total. The first-order chi connectivity index (χ1) is 12.2. The van der Waals surface area contributed by atoms with Gasteiger partial charge in [-0.25, -0.2) is 4.79 Å². The number of fused-ring (bicyclic) bond motifs is 1. The fraction of sp³-hybridized carbons (Fsp3) is 0.111. The van der Waals surface area contributed by atoms with Crippen LogP contribution in [0.5, 0.6) is 0 Å². The first kappa shape index (κ1) is 15.5. The van der Waals surface area contributed by atoms with Crippen LogP contribution in [0.2, 0.25) is 0 Å². The molecule has 2 heterocycles. The Morgan fingerprint density at radius 1 is 1.08 bits per heavy atom. The summed E-state index contributed by atoms with van der Waals surface area (Å²) in [7, 11) is 0. The van der Waals surface area contributed by atoms with Crippen LogP contribution in [0.4, 0.5) is 5.13 Å². The molecule has 1 amide bonds. The second kappa shape index (κ2) is 6.45. The molecule has 7 heteroatoms. The van der Waals surface area contributed by atoms with E-state index >= 15 is 0 Å². The highest BCUT2D eigenvalue weighted by Crippen LogP contribution is 2.27. The minimum absolute atomic E-state index is 0.345. The van der Waals surface area contributed by atoms with Crippen molar-refractivity contribution in [2.45, 2.75) is 12.5 Å². The van der Waals surface area contributed by atoms with Gasteiger partial charge in [-0.3, -0.25) is 10.1 Å². The van der Waals surface area contributed by atoms with Crippen molar-refractivity contribution in [1.29, 1.82) is 0 Å². The number of esters is 1. The predicted molar refractivity (Wildman–Crippen MR) is 93.3 cm³/mol. The van der Waals surface area contributed by atoms with Crippen molar-refractivity contribution in [3.05, 3.63) is 65.7 Å². The molecule has 1 aliphatic rings. The van der Waals surface area contributed by atoms with Crippen molar-refractivity contribution in [2.75, 3.05) is 5.32 Å². The number of ether oxygens (including phenoxy) is 1. The molecule has 2 aromatic carbocycles. The molecule has 0 radical (unpaired) electrons. The van der Waals surface area contributed by atoms with Gasteiger partial charge in [0.25, 0.3) is 5.91 Å². The standard InChI is InChI=1S/C18H13N3O3S/c22-15(14-10-12-8-4-5-9-13(12)17(23)24-14)19-18-21-20-16(25-18)11-6-2-1-3-7-11/h1-9,14H,10H2,(H,19,21,22). The summed E-state index contributed by atoms with van der Waals surface area (Å²) in [4.78, 5) is 24.4. The average molecular weight is 351 g/mol. The summed E-state index contributed by atoms with van der Waals surface area (Å²) in [6.45, 7) is 0. The first-order valence-electron chi connectivity index (χ1n) is 7.69. The molecule has 6 nitrogen and oxygen atoms in total. The highest BCUT2D eigenvalue weighted by molar-refractivity contribution is 7.18. The van der Waals surface area contributed by atoms with Crippen molar-refractivity contribution in [3.63, 3.8) is 0 Å². The maximum absolute atomic E-state index is 12.4. The van der Waals surface area contributed by atoms with Gasteiger partial charge in [-0.1, -0.05) is 59.9 Å². The zero-order chi connectivity index (χ0) is 17.2. The van der Waals surface area contributed by atoms with Gasteiger partial charge in [0.05, 0.1) is 5.56 Å². The van der Waals surface area contributed by atoms with Gasteiger partial charge in [0.15, 0.2) is 6.10 Å². The summed E-state index contributed by atoms with van der Waals surface area (Å²) in [5.41, 5.74) is 2.24. The van der Waals surface area contributed by atoms with E-state index in [-0.39, 0.29) is 0 Å². The topological polar surface area (TPSA) is 81.2 Å². The SMILES string of the molecule is O=C1OC(C(=O)Nc2nnc(-c3ccccc3)s2)Cc2ccccc21. The normalized spacial score (nSPS) is 16.0. The van der Waals surface area contributed by atoms with Gasteiger partial charge in [0, 0.05) is 12.0 Å². The number of nitrogens with zero attached hydrogens (tertiary/aromatic N) is 2. The second-order valence-corrected chi connectivity index (χ2v) is 6.50. The summed E-state index contributed by atoms with van der Waals surface area (Å²) >= 11 is 1.27. The zero-order valence-electron chi connectivity index (χ0n) is 13.0. The van der Waals surface area contributed by atoms with Gasteiger partial charge < -0.3 is 4.74 Å². The Morgan fingerprint density at radius 3 is 2.68 bits per heavy atom. The molecule has 0 aliphatic carbocycles. The molecule has 1 unspecified atom stereocenters. The quantitative estimate of drug-likeness (QED) is 0.734. The Hall–Kier alpha value is -3.06. The van der Waals surface area contributed by atoms with Crippen LogP contribution in [0.1, 0.15) is 15.9 Å². The summed E-state index contributed by atoms with van der Waals surface area (Å²) < 4.78 is 5.24. The highest BCUT2D eigenvalue weighted by atomic mass is 32.1. The molecule has 1 aliphatic heterocycles. The van der Waals surface area contributed by atoms with Crippen LogP contribution in [-0.4, -0.2) is 28.2 Å². The van der Waals surface area contributed by atoms with Gasteiger partial charge in [-0.2, -0.15) is 0 Å². The number of carbonyl (C=O) groups is 2. The molecule has 1 aromatic heterocycles. The number of anilines is 1. The minimum Gasteiger partial charge on any atom is -0.448 e. The molecule has 0 saturated heterocycles. The number of nitrogens with one attached hydrogen (secondary N) is 1. The monoisotopic (exact) mass is 351 g/mol. The molecule has 4 rings (SSSR count). The number of hydrogen-bond acceptors (Lipinski definition) is 6. The zero-order valence-corrected chi connectivity index (χ0v) is 13.8. The van der Waals surface area contributed by atoms with E-state index in [2.05, 4.69) is 15.5 Å². The van der Waals surface area contributed by atoms with E-state index in [1.165, 1.54) is 11.3 Å². The third-order valence-electron chi connectivity index (χ3n) is 3.86. The number of cyclic esters (lactones) is 1. The summed E-state index contributed by atoms with van der Waals surface area (Å²) in [5.74, 6) is -0.886. The smallest absolute Gasteiger partial charge is 0.339 e. The van der Waals surface area contributed by atoms with Gasteiger partial charge in [0.1, 0.15) is 5.01 Å². The Balaban J connectivity index is 1.48. The molecule has 0 fully saturated rings. The van der Waals surface area contributed by atoms with Crippen LogP contribution >= 0.6 is 11.3 Å². The van der Waals surface area contributed by atoms with Gasteiger partial charge >= 0.3 is 5.97 Å². The summed E-state index contributed by atoms with van der Waals surface area (Å²) in [6.07, 6.45) is -0.524. The van der Waals surface area contributed by atoms with E-state index in [1.54, 1.807) is 12.1 Å². The van der Waals surface area contributed by atoms with E-state index in [9.17, 15) is 9.59 Å². The van der Waals surface area contributed by atoms with Crippen LogP contribution in [0.15, 0.2) is 54.6 Å². The Morgan fingerprint density at radius 2 is 1.84 bits per heavy atom. The van der Waals surface area contributed by atoms with Crippen molar-refractivity contribution in [1.82, 2.24) is 10.2 Å². The molecule has 3 aromatic rings. The Labute approximate surface area is 147 Å². The Bertz CT molecular complexity index is 940. The van der Waals surface area contributed by atoms with Crippen LogP contribution in [0, 0.1) is 0 Å². The van der Waals surface area contributed by atoms with E-state index in [0.717, 1.165) is 11.1 Å². The molecular formula is C18H13N3O3S. The first-order valence-corrected chi connectivity index (χ1v) is 8.51. The van der Waals surface area contributed by atoms with Crippen molar-refractivity contribution < 1.29 is 14.3 Å². The second-order valence-electron chi connectivity index (χ2n) is 5.52. The van der Waals surface area contributed by atoms with Gasteiger partial charge in [-0.05, 0) is 11.6 Å². The van der Waals surface area contributed by atoms with Crippen LogP contribution < -0.4 is 5.32 Å². The number of amides is 1. The molecule has 0 bridgehead atoms. The van der Waals surface area contributed by atoms with Crippen molar-refractivity contribution in [2.24, 2.45) is 0 Å². The molecule has 0 saturated carbocycles. The predicted octanol–water partition coefficient (Wildman–Crippen LogP) is 2.93. The lowest BCUT2D eigenvalue weighted by atomic mass is 9.98. The third-order valence-corrected chi connectivity index (χ3v) is 4.75. The molecule has 25 heavy (non-hydrogen) atoms. The fourth-order valence-corrected chi connectivity index (χ4v) is 3.39. The number of hydrogen-bond donors (Lipinski definition) is 1. The lowest BCUT2D eigenvalue weighted by Gasteiger charge is -2.23. The average Bonchev–Trinajstić information content (AvgIpc) is 3.11. The number of aromatic nitrogens is 2. The lowest BCUT2D eigenvalue weighted by molar-refractivity contribution is -0.125. The van der Waals surface area contributed by atoms with E-state index in [0.29, 0.717) is 22.1 Å². The maximum Gasteiger partial charge on any atom is 0.339 e. The number of rotatable bonds is 3. The summed E-state index contributed by atoms with van der Waals surface area (Å²) in [6, 6.07) is 16.7. The van der Waals surface area contributed by atoms with E-state index < -0.39 is 18.0 Å². The fourth-order valence-electron chi connectivity index (χ4n) is 2.63. The minimum atomic E-state index is -0.869. The molecule has 0 spiro atoms. The third kappa shape index (κ3) is 3.14. The molecule has 1 atom stereocenters. The molecule has 124 valence electrons. The molecular weight excluding hydrogens is 338 g/mol. The lowest BCUT2D eigenvalue weighted by Crippen LogP contribution is -2.37. The van der Waals surface area contributed by atoms with Crippen LogP contribution in [-0.2, 0) is 16.0 Å². The van der Waals surface area contributed by atoms with Crippen molar-refractivity contribution >= 4 is 28.3 Å². The van der Waals surface area contributed by atoms with Gasteiger partial charge in [0.2, 0.25) is 5.13 Å².